The summed E-state index contributed by atoms with van der Waals surface area (Å²) in [5, 5.41) is 18.4. The van der Waals surface area contributed by atoms with Crippen molar-refractivity contribution in [2.45, 2.75) is 38.4 Å². The second-order valence-electron chi connectivity index (χ2n) is 10.4. The summed E-state index contributed by atoms with van der Waals surface area (Å²) in [5.74, 6) is -0.403. The first-order chi connectivity index (χ1) is 21.6. The lowest BCUT2D eigenvalue weighted by Crippen LogP contribution is -2.34. The van der Waals surface area contributed by atoms with Crippen LogP contribution in [0, 0.1) is 0 Å². The number of H-pyrrole nitrogens is 1. The molecule has 0 aliphatic heterocycles. The summed E-state index contributed by atoms with van der Waals surface area (Å²) in [5.41, 5.74) is 8.93. The average molecular weight is 634 g/mol. The number of benzene rings is 3. The van der Waals surface area contributed by atoms with E-state index in [1.807, 2.05) is 24.3 Å². The molecule has 0 bridgehead atoms. The van der Waals surface area contributed by atoms with E-state index in [2.05, 4.69) is 42.3 Å². The van der Waals surface area contributed by atoms with Gasteiger partial charge in [0.1, 0.15) is 0 Å². The summed E-state index contributed by atoms with van der Waals surface area (Å²) in [6.07, 6.45) is 1.97. The van der Waals surface area contributed by atoms with Gasteiger partial charge in [0.25, 0.3) is 11.9 Å². The molecule has 0 radical (unpaired) electrons. The van der Waals surface area contributed by atoms with E-state index in [9.17, 15) is 22.8 Å². The number of hydrogen-bond acceptors (Lipinski definition) is 8. The quantitative estimate of drug-likeness (QED) is 0.143. The van der Waals surface area contributed by atoms with Crippen LogP contribution in [0.25, 0.3) is 15.8 Å². The Balaban J connectivity index is 1.26. The third kappa shape index (κ3) is 6.77. The number of amides is 3. The van der Waals surface area contributed by atoms with Gasteiger partial charge in [0, 0.05) is 11.3 Å². The molecule has 0 saturated heterocycles. The smallest absolute Gasteiger partial charge is 0.398 e. The van der Waals surface area contributed by atoms with Crippen LogP contribution in [-0.4, -0.2) is 37.5 Å². The fourth-order valence-corrected chi connectivity index (χ4v) is 5.87. The number of halogens is 3. The highest BCUT2D eigenvalue weighted by Crippen LogP contribution is 2.38. The van der Waals surface area contributed by atoms with Gasteiger partial charge < -0.3 is 5.73 Å². The Bertz CT molecular complexity index is 1870. The van der Waals surface area contributed by atoms with Crippen molar-refractivity contribution in [3.63, 3.8) is 0 Å². The van der Waals surface area contributed by atoms with Gasteiger partial charge in [-0.25, -0.2) is 9.78 Å². The fraction of sp³-hybridized carbons (Fsp3) is 0.200. The Kier molecular flexibility index (Phi) is 8.17. The van der Waals surface area contributed by atoms with Crippen LogP contribution < -0.4 is 21.3 Å². The molecule has 0 spiro atoms. The molecule has 0 unspecified atom stereocenters. The number of aromatic nitrogens is 5. The highest BCUT2D eigenvalue weighted by Gasteiger charge is 2.32. The molecular weight excluding hydrogens is 607 g/mol. The number of anilines is 4. The van der Waals surface area contributed by atoms with Crippen molar-refractivity contribution < 1.29 is 22.8 Å². The molecule has 2 aromatic heterocycles. The van der Waals surface area contributed by atoms with Crippen molar-refractivity contribution in [3.05, 3.63) is 89.0 Å². The zero-order valence-electron chi connectivity index (χ0n) is 23.6. The van der Waals surface area contributed by atoms with Gasteiger partial charge in [0.15, 0.2) is 5.13 Å². The Morgan fingerprint density at radius 1 is 1.02 bits per heavy atom. The summed E-state index contributed by atoms with van der Waals surface area (Å²) in [4.78, 5) is 32.0. The van der Waals surface area contributed by atoms with Gasteiger partial charge >= 0.3 is 12.2 Å². The lowest BCUT2D eigenvalue weighted by molar-refractivity contribution is -0.137. The van der Waals surface area contributed by atoms with E-state index in [0.717, 1.165) is 48.3 Å². The molecule has 2 heterocycles. The second-order valence-corrected chi connectivity index (χ2v) is 11.4. The molecule has 0 saturated carbocycles. The molecule has 1 aliphatic carbocycles. The zero-order chi connectivity index (χ0) is 31.6. The molecule has 230 valence electrons. The maximum Gasteiger partial charge on any atom is 0.416 e. The first kappa shape index (κ1) is 29.7. The minimum absolute atomic E-state index is 0.0330. The molecular formula is C30H26F3N9O2S. The number of nitrogens with one attached hydrogen (secondary N) is 3. The second kappa shape index (κ2) is 12.4. The third-order valence-electron chi connectivity index (χ3n) is 7.27. The maximum absolute atomic E-state index is 13.7. The number of aromatic amines is 1. The monoisotopic (exact) mass is 633 g/mol. The number of thiazole rings is 1. The van der Waals surface area contributed by atoms with Crippen LogP contribution in [0.4, 0.5) is 40.4 Å². The number of nitrogens with zero attached hydrogens (tertiary/aromatic N) is 5. The number of carbonyl (C=O) groups is 2. The summed E-state index contributed by atoms with van der Waals surface area (Å²) >= 11 is 0.987. The molecule has 3 aromatic carbocycles. The first-order valence-electron chi connectivity index (χ1n) is 13.9. The molecule has 1 aliphatic rings. The van der Waals surface area contributed by atoms with E-state index >= 15 is 0 Å². The lowest BCUT2D eigenvalue weighted by Gasteiger charge is -2.23. The summed E-state index contributed by atoms with van der Waals surface area (Å²) in [6, 6.07) is 15.5. The molecule has 0 fully saturated rings. The number of tetrazole rings is 1. The summed E-state index contributed by atoms with van der Waals surface area (Å²) in [6.45, 7) is 0.117. The number of rotatable bonds is 7. The minimum atomic E-state index is -4.59. The number of nitrogens with two attached hydrogens (primary N) is 1. The van der Waals surface area contributed by atoms with Gasteiger partial charge in [-0.1, -0.05) is 46.8 Å². The van der Waals surface area contributed by atoms with Gasteiger partial charge in [-0.2, -0.15) is 18.4 Å². The van der Waals surface area contributed by atoms with Crippen molar-refractivity contribution in [3.8, 4) is 0 Å². The van der Waals surface area contributed by atoms with Crippen LogP contribution in [0.5, 0.6) is 0 Å². The molecule has 6 rings (SSSR count). The highest BCUT2D eigenvalue weighted by atomic mass is 32.1. The SMILES string of the molecule is Nc1cc(C(F)(F)F)cc2nc(NC(=O)N(Cc3ccc(C(=O)Nc4nn[nH]n4)cc3)c3ccc(C4=CCCCC4)cc3)sc12. The average Bonchev–Trinajstić information content (AvgIpc) is 3.70. The van der Waals surface area contributed by atoms with Gasteiger partial charge in [0.2, 0.25) is 0 Å². The number of nitrogen functional groups attached to an aromatic ring is 1. The van der Waals surface area contributed by atoms with E-state index in [1.165, 1.54) is 16.9 Å². The van der Waals surface area contributed by atoms with E-state index in [-0.39, 0.29) is 28.8 Å². The van der Waals surface area contributed by atoms with Crippen LogP contribution in [0.15, 0.2) is 66.7 Å². The Morgan fingerprint density at radius 3 is 2.47 bits per heavy atom. The Morgan fingerprint density at radius 2 is 1.80 bits per heavy atom. The normalized spacial score (nSPS) is 13.4. The predicted octanol–water partition coefficient (Wildman–Crippen LogP) is 6.86. The standard InChI is InChI=1S/C30H26F3N9O2S/c31-30(32,33)21-14-23(34)25-24(15-21)35-28(45-25)37-29(44)42(22-12-10-19(11-13-22)18-4-2-1-3-5-18)16-17-6-8-20(9-7-17)26(43)36-27-38-40-41-39-27/h4,6-15H,1-3,5,16,34H2,(H,35,37,44)(H2,36,38,39,40,41,43). The molecule has 0 atom stereocenters. The first-order valence-corrected chi connectivity index (χ1v) is 14.7. The highest BCUT2D eigenvalue weighted by molar-refractivity contribution is 7.23. The van der Waals surface area contributed by atoms with E-state index < -0.39 is 23.7 Å². The Labute approximate surface area is 258 Å². The molecule has 5 aromatic rings. The number of alkyl halides is 3. The molecule has 11 nitrogen and oxygen atoms in total. The molecule has 3 amide bonds. The van der Waals surface area contributed by atoms with E-state index in [1.54, 1.807) is 24.3 Å². The number of carbonyl (C=O) groups excluding carboxylic acids is 2. The number of urea groups is 1. The van der Waals surface area contributed by atoms with Crippen LogP contribution in [-0.2, 0) is 12.7 Å². The Hall–Kier alpha value is -5.31. The van der Waals surface area contributed by atoms with E-state index in [4.69, 9.17) is 5.73 Å². The van der Waals surface area contributed by atoms with E-state index in [0.29, 0.717) is 21.5 Å². The van der Waals surface area contributed by atoms with Crippen molar-refractivity contribution in [1.82, 2.24) is 25.6 Å². The van der Waals surface area contributed by atoms with Gasteiger partial charge in [0.05, 0.1) is 28.0 Å². The van der Waals surface area contributed by atoms with Gasteiger partial charge in [-0.15, -0.1) is 5.10 Å². The summed E-state index contributed by atoms with van der Waals surface area (Å²) < 4.78 is 40.3. The third-order valence-corrected chi connectivity index (χ3v) is 8.31. The van der Waals surface area contributed by atoms with Gasteiger partial charge in [-0.3, -0.25) is 20.3 Å². The number of allylic oxidation sites excluding steroid dienone is 2. The van der Waals surface area contributed by atoms with Gasteiger partial charge in [-0.05, 0) is 84.0 Å². The van der Waals surface area contributed by atoms with Crippen LogP contribution in [0.2, 0.25) is 0 Å². The summed E-state index contributed by atoms with van der Waals surface area (Å²) in [7, 11) is 0. The van der Waals surface area contributed by atoms with Crippen LogP contribution in [0.3, 0.4) is 0 Å². The van der Waals surface area contributed by atoms with Crippen molar-refractivity contribution >= 4 is 61.5 Å². The zero-order valence-corrected chi connectivity index (χ0v) is 24.4. The maximum atomic E-state index is 13.7. The number of hydrogen-bond donors (Lipinski definition) is 4. The lowest BCUT2D eigenvalue weighted by atomic mass is 9.93. The molecule has 5 N–H and O–H groups in total. The largest absolute Gasteiger partial charge is 0.416 e. The van der Waals surface area contributed by atoms with Crippen molar-refractivity contribution in [2.75, 3.05) is 21.3 Å². The van der Waals surface area contributed by atoms with Crippen molar-refractivity contribution in [1.29, 1.82) is 0 Å². The van der Waals surface area contributed by atoms with Crippen molar-refractivity contribution in [2.24, 2.45) is 0 Å². The molecule has 15 heteroatoms. The minimum Gasteiger partial charge on any atom is -0.398 e. The van der Waals surface area contributed by atoms with Crippen LogP contribution in [0.1, 0.15) is 52.7 Å². The predicted molar refractivity (Wildman–Crippen MR) is 166 cm³/mol. The van der Waals surface area contributed by atoms with Crippen LogP contribution >= 0.6 is 11.3 Å². The topological polar surface area (TPSA) is 155 Å². The number of fused-ring (bicyclic) bond motifs is 1. The molecule has 45 heavy (non-hydrogen) atoms. The fourth-order valence-electron chi connectivity index (χ4n) is 5.00.